The predicted octanol–water partition coefficient (Wildman–Crippen LogP) is 4.82. The lowest BCUT2D eigenvalue weighted by atomic mass is 9.96. The van der Waals surface area contributed by atoms with Crippen LogP contribution in [0.3, 0.4) is 0 Å². The molecule has 0 unspecified atom stereocenters. The Labute approximate surface area is 175 Å². The Balaban J connectivity index is 1.48. The van der Waals surface area contributed by atoms with Crippen LogP contribution in [0, 0.1) is 11.3 Å². The van der Waals surface area contributed by atoms with Gasteiger partial charge >= 0.3 is 0 Å². The second-order valence-electron chi connectivity index (χ2n) is 7.21. The number of nitrogens with one attached hydrogen (secondary N) is 2. The van der Waals surface area contributed by atoms with Crippen molar-refractivity contribution in [2.24, 2.45) is 0 Å². The van der Waals surface area contributed by atoms with Gasteiger partial charge in [0.2, 0.25) is 5.91 Å². The normalized spacial score (nSPS) is 13.0. The van der Waals surface area contributed by atoms with Gasteiger partial charge in [-0.25, -0.2) is 0 Å². The van der Waals surface area contributed by atoms with Crippen LogP contribution in [0.15, 0.2) is 60.7 Å². The molecule has 2 aromatic carbocycles. The van der Waals surface area contributed by atoms with Crippen LogP contribution in [0.2, 0.25) is 0 Å². The molecule has 1 heterocycles. The van der Waals surface area contributed by atoms with Gasteiger partial charge < -0.3 is 5.32 Å². The van der Waals surface area contributed by atoms with Gasteiger partial charge in [-0.1, -0.05) is 60.7 Å². The Morgan fingerprint density at radius 1 is 1.00 bits per heavy atom. The Bertz CT molecular complexity index is 982. The van der Waals surface area contributed by atoms with E-state index in [0.717, 1.165) is 42.4 Å². The van der Waals surface area contributed by atoms with Gasteiger partial charge in [-0.2, -0.15) is 5.26 Å². The molecule has 1 amide bonds. The number of nitriles is 1. The zero-order chi connectivity index (χ0) is 20.1. The van der Waals surface area contributed by atoms with E-state index in [2.05, 4.69) is 41.0 Å². The molecule has 0 saturated heterocycles. The molecule has 0 saturated carbocycles. The van der Waals surface area contributed by atoms with Crippen molar-refractivity contribution in [3.63, 3.8) is 0 Å². The molecule has 1 aromatic heterocycles. The fourth-order valence-electron chi connectivity index (χ4n) is 3.86. The van der Waals surface area contributed by atoms with E-state index in [0.29, 0.717) is 10.6 Å². The van der Waals surface area contributed by atoms with Crippen LogP contribution in [0.1, 0.15) is 46.0 Å². The average Bonchev–Trinajstić information content (AvgIpc) is 3.12. The van der Waals surface area contributed by atoms with Crippen LogP contribution < -0.4 is 10.6 Å². The van der Waals surface area contributed by atoms with Gasteiger partial charge in [0, 0.05) is 4.88 Å². The predicted molar refractivity (Wildman–Crippen MR) is 117 cm³/mol. The number of thiophene rings is 1. The van der Waals surface area contributed by atoms with E-state index >= 15 is 0 Å². The Morgan fingerprint density at radius 2 is 1.62 bits per heavy atom. The molecule has 2 N–H and O–H groups in total. The van der Waals surface area contributed by atoms with E-state index in [1.165, 1.54) is 4.88 Å². The lowest BCUT2D eigenvalue weighted by Gasteiger charge is -2.19. The highest BCUT2D eigenvalue weighted by Gasteiger charge is 2.22. The van der Waals surface area contributed by atoms with Crippen LogP contribution in [-0.4, -0.2) is 12.5 Å². The third-order valence-corrected chi connectivity index (χ3v) is 6.48. The largest absolute Gasteiger partial charge is 0.315 e. The first-order valence-electron chi connectivity index (χ1n) is 9.94. The lowest BCUT2D eigenvalue weighted by molar-refractivity contribution is -0.115. The molecule has 0 spiro atoms. The zero-order valence-electron chi connectivity index (χ0n) is 16.2. The SMILES string of the molecule is N#Cc1c(NC(=O)CNC(c2ccccc2)c2ccccc2)sc2c1CCCC2. The summed E-state index contributed by atoms with van der Waals surface area (Å²) in [5, 5.41) is 16.6. The third kappa shape index (κ3) is 4.40. The number of hydrogen-bond acceptors (Lipinski definition) is 4. The number of benzene rings is 2. The molecule has 0 aliphatic heterocycles. The minimum absolute atomic E-state index is 0.0740. The summed E-state index contributed by atoms with van der Waals surface area (Å²) in [7, 11) is 0. The maximum Gasteiger partial charge on any atom is 0.238 e. The summed E-state index contributed by atoms with van der Waals surface area (Å²) in [4.78, 5) is 13.9. The van der Waals surface area contributed by atoms with Gasteiger partial charge in [-0.3, -0.25) is 10.1 Å². The van der Waals surface area contributed by atoms with E-state index in [1.807, 2.05) is 36.4 Å². The first-order chi connectivity index (χ1) is 14.3. The molecular weight excluding hydrogens is 378 g/mol. The highest BCUT2D eigenvalue weighted by molar-refractivity contribution is 7.16. The van der Waals surface area contributed by atoms with Gasteiger partial charge in [0.15, 0.2) is 0 Å². The van der Waals surface area contributed by atoms with Gasteiger partial charge in [0.1, 0.15) is 11.1 Å². The summed E-state index contributed by atoms with van der Waals surface area (Å²) in [5.74, 6) is -0.128. The Hall–Kier alpha value is -2.94. The molecule has 4 nitrogen and oxygen atoms in total. The van der Waals surface area contributed by atoms with Gasteiger partial charge in [-0.05, 0) is 42.4 Å². The topological polar surface area (TPSA) is 64.9 Å². The summed E-state index contributed by atoms with van der Waals surface area (Å²) in [6, 6.07) is 22.4. The van der Waals surface area contributed by atoms with Crippen LogP contribution in [0.25, 0.3) is 0 Å². The highest BCUT2D eigenvalue weighted by atomic mass is 32.1. The molecule has 29 heavy (non-hydrogen) atoms. The standard InChI is InChI=1S/C24H23N3OS/c25-15-20-19-13-7-8-14-21(19)29-24(20)27-22(28)16-26-23(17-9-3-1-4-10-17)18-11-5-2-6-12-18/h1-6,9-12,23,26H,7-8,13-14,16H2,(H,27,28). The molecule has 0 radical (unpaired) electrons. The van der Waals surface area contributed by atoms with Crippen LogP contribution >= 0.6 is 11.3 Å². The second kappa shape index (κ2) is 9.04. The third-order valence-electron chi connectivity index (χ3n) is 5.27. The lowest BCUT2D eigenvalue weighted by Crippen LogP contribution is -2.31. The number of aryl methyl sites for hydroxylation is 1. The number of fused-ring (bicyclic) bond motifs is 1. The second-order valence-corrected chi connectivity index (χ2v) is 8.32. The van der Waals surface area contributed by atoms with Crippen molar-refractivity contribution in [1.29, 1.82) is 5.26 Å². The summed E-state index contributed by atoms with van der Waals surface area (Å²) in [6.45, 7) is 0.169. The van der Waals surface area contributed by atoms with Gasteiger partial charge in [0.05, 0.1) is 18.2 Å². The van der Waals surface area contributed by atoms with Crippen molar-refractivity contribution in [3.8, 4) is 6.07 Å². The van der Waals surface area contributed by atoms with Crippen molar-refractivity contribution in [2.45, 2.75) is 31.7 Å². The summed E-state index contributed by atoms with van der Waals surface area (Å²) < 4.78 is 0. The number of hydrogen-bond donors (Lipinski definition) is 2. The Morgan fingerprint density at radius 3 is 2.24 bits per heavy atom. The van der Waals surface area contributed by atoms with E-state index in [9.17, 15) is 10.1 Å². The molecule has 3 aromatic rings. The van der Waals surface area contributed by atoms with Crippen molar-refractivity contribution in [1.82, 2.24) is 5.32 Å². The van der Waals surface area contributed by atoms with Crippen molar-refractivity contribution in [2.75, 3.05) is 11.9 Å². The van der Waals surface area contributed by atoms with Crippen molar-refractivity contribution in [3.05, 3.63) is 87.8 Å². The van der Waals surface area contributed by atoms with E-state index in [-0.39, 0.29) is 18.5 Å². The van der Waals surface area contributed by atoms with Crippen LogP contribution in [0.4, 0.5) is 5.00 Å². The molecule has 146 valence electrons. The number of anilines is 1. The van der Waals surface area contributed by atoms with E-state index in [4.69, 9.17) is 0 Å². The van der Waals surface area contributed by atoms with Crippen molar-refractivity contribution < 1.29 is 4.79 Å². The smallest absolute Gasteiger partial charge is 0.238 e. The van der Waals surface area contributed by atoms with Gasteiger partial charge in [-0.15, -0.1) is 11.3 Å². The minimum Gasteiger partial charge on any atom is -0.315 e. The van der Waals surface area contributed by atoms with Crippen LogP contribution in [0.5, 0.6) is 0 Å². The molecule has 1 aliphatic rings. The maximum atomic E-state index is 12.7. The summed E-state index contributed by atoms with van der Waals surface area (Å²) >= 11 is 1.56. The quantitative estimate of drug-likeness (QED) is 0.623. The minimum atomic E-state index is -0.128. The number of rotatable bonds is 6. The van der Waals surface area contributed by atoms with E-state index < -0.39 is 0 Å². The zero-order valence-corrected chi connectivity index (χ0v) is 17.0. The summed E-state index contributed by atoms with van der Waals surface area (Å²) in [6.07, 6.45) is 4.21. The molecule has 5 heteroatoms. The van der Waals surface area contributed by atoms with Crippen molar-refractivity contribution >= 4 is 22.2 Å². The average molecular weight is 402 g/mol. The molecule has 0 atom stereocenters. The fraction of sp³-hybridized carbons (Fsp3) is 0.250. The van der Waals surface area contributed by atoms with E-state index in [1.54, 1.807) is 11.3 Å². The number of amides is 1. The number of carbonyl (C=O) groups excluding carboxylic acids is 1. The van der Waals surface area contributed by atoms with Crippen LogP contribution in [-0.2, 0) is 17.6 Å². The van der Waals surface area contributed by atoms with Gasteiger partial charge in [0.25, 0.3) is 0 Å². The first-order valence-corrected chi connectivity index (χ1v) is 10.8. The highest BCUT2D eigenvalue weighted by Crippen LogP contribution is 2.37. The molecule has 0 bridgehead atoms. The number of nitrogens with zero attached hydrogens (tertiary/aromatic N) is 1. The molecular formula is C24H23N3OS. The Kier molecular flexibility index (Phi) is 6.04. The molecule has 0 fully saturated rings. The molecule has 1 aliphatic carbocycles. The maximum absolute atomic E-state index is 12.7. The fourth-order valence-corrected chi connectivity index (χ4v) is 5.11. The number of carbonyl (C=O) groups is 1. The monoisotopic (exact) mass is 401 g/mol. The molecule has 4 rings (SSSR count). The summed E-state index contributed by atoms with van der Waals surface area (Å²) in [5.41, 5.74) is 4.01. The first kappa shape index (κ1) is 19.4.